The van der Waals surface area contributed by atoms with Gasteiger partial charge in [-0.1, -0.05) is 25.4 Å². The van der Waals surface area contributed by atoms with E-state index in [0.717, 1.165) is 0 Å². The second-order valence-corrected chi connectivity index (χ2v) is 6.93. The summed E-state index contributed by atoms with van der Waals surface area (Å²) in [6.45, 7) is 4.58. The van der Waals surface area contributed by atoms with Crippen LogP contribution in [0.25, 0.3) is 0 Å². The molecule has 2 N–H and O–H groups in total. The van der Waals surface area contributed by atoms with E-state index in [1.165, 1.54) is 25.1 Å². The fraction of sp³-hybridized carbons (Fsp3) is 0.588. The molecule has 0 unspecified atom stereocenters. The van der Waals surface area contributed by atoms with Crippen LogP contribution in [-0.2, 0) is 4.79 Å². The number of likely N-dealkylation sites (N-methyl/N-ethyl adjacent to an activating group) is 1. The molecule has 0 aromatic carbocycles. The van der Waals surface area contributed by atoms with Gasteiger partial charge in [0.15, 0.2) is 0 Å². The predicted octanol–water partition coefficient (Wildman–Crippen LogP) is 2.41. The average Bonchev–Trinajstić information content (AvgIpc) is 3.36. The van der Waals surface area contributed by atoms with Crippen molar-refractivity contribution in [2.45, 2.75) is 39.2 Å². The van der Waals surface area contributed by atoms with Gasteiger partial charge in [0.1, 0.15) is 22.5 Å². The highest BCUT2D eigenvalue weighted by Gasteiger charge is 2.24. The van der Waals surface area contributed by atoms with Crippen LogP contribution in [0.3, 0.4) is 0 Å². The molecule has 0 saturated heterocycles. The van der Waals surface area contributed by atoms with Crippen molar-refractivity contribution in [3.05, 3.63) is 23.0 Å². The first kappa shape index (κ1) is 18.5. The topological polar surface area (TPSA) is 80.3 Å². The number of nitrogens with zero attached hydrogens (tertiary/aromatic N) is 1. The standard InChI is InChI=1S/C17H24ClN3O3/c1-10(2)6-14(16(22)19-3)21-17(23)13-7-15(12(18)8-20-13)24-9-11-4-5-11/h7-8,10-11,14H,4-6,9H2,1-3H3,(H,19,22)(H,21,23)/t14-/m1/s1. The molecule has 132 valence electrons. The van der Waals surface area contributed by atoms with Gasteiger partial charge in [0.25, 0.3) is 5.91 Å². The molecule has 24 heavy (non-hydrogen) atoms. The molecule has 1 aliphatic carbocycles. The Balaban J connectivity index is 2.06. The van der Waals surface area contributed by atoms with E-state index in [1.54, 1.807) is 7.05 Å². The van der Waals surface area contributed by atoms with Crippen molar-refractivity contribution >= 4 is 23.4 Å². The highest BCUT2D eigenvalue weighted by atomic mass is 35.5. The zero-order valence-corrected chi connectivity index (χ0v) is 15.0. The summed E-state index contributed by atoms with van der Waals surface area (Å²) in [4.78, 5) is 28.4. The predicted molar refractivity (Wildman–Crippen MR) is 92.2 cm³/mol. The van der Waals surface area contributed by atoms with Gasteiger partial charge in [-0.2, -0.15) is 0 Å². The minimum Gasteiger partial charge on any atom is -0.492 e. The lowest BCUT2D eigenvalue weighted by Crippen LogP contribution is -2.46. The number of nitrogens with one attached hydrogen (secondary N) is 2. The molecule has 0 aliphatic heterocycles. The largest absolute Gasteiger partial charge is 0.492 e. The van der Waals surface area contributed by atoms with E-state index < -0.39 is 11.9 Å². The van der Waals surface area contributed by atoms with Gasteiger partial charge in [-0.05, 0) is 31.1 Å². The summed E-state index contributed by atoms with van der Waals surface area (Å²) in [6, 6.07) is 0.923. The Morgan fingerprint density at radius 2 is 2.12 bits per heavy atom. The fourth-order valence-corrected chi connectivity index (χ4v) is 2.41. The van der Waals surface area contributed by atoms with E-state index in [0.29, 0.717) is 29.7 Å². The van der Waals surface area contributed by atoms with E-state index in [4.69, 9.17) is 16.3 Å². The number of amides is 2. The van der Waals surface area contributed by atoms with E-state index >= 15 is 0 Å². The van der Waals surface area contributed by atoms with Crippen LogP contribution in [0, 0.1) is 11.8 Å². The third-order valence-corrected chi connectivity index (χ3v) is 4.08. The first-order valence-electron chi connectivity index (χ1n) is 8.21. The molecule has 6 nitrogen and oxygen atoms in total. The number of hydrogen-bond acceptors (Lipinski definition) is 4. The van der Waals surface area contributed by atoms with Gasteiger partial charge in [-0.3, -0.25) is 9.59 Å². The maximum absolute atomic E-state index is 12.4. The first-order valence-corrected chi connectivity index (χ1v) is 8.59. The Morgan fingerprint density at radius 3 is 2.71 bits per heavy atom. The van der Waals surface area contributed by atoms with Crippen LogP contribution in [-0.4, -0.2) is 36.5 Å². The summed E-state index contributed by atoms with van der Waals surface area (Å²) in [6.07, 6.45) is 4.28. The molecule has 0 spiro atoms. The van der Waals surface area contributed by atoms with Gasteiger partial charge in [0.05, 0.1) is 12.8 Å². The van der Waals surface area contributed by atoms with E-state index in [1.807, 2.05) is 13.8 Å². The number of hydrogen-bond donors (Lipinski definition) is 2. The molecule has 2 amide bonds. The van der Waals surface area contributed by atoms with Crippen molar-refractivity contribution in [3.8, 4) is 5.75 Å². The lowest BCUT2D eigenvalue weighted by Gasteiger charge is -2.19. The Labute approximate surface area is 147 Å². The van der Waals surface area contributed by atoms with Crippen LogP contribution in [0.5, 0.6) is 5.75 Å². The molecule has 1 aromatic rings. The van der Waals surface area contributed by atoms with Crippen LogP contribution < -0.4 is 15.4 Å². The zero-order chi connectivity index (χ0) is 17.7. The maximum atomic E-state index is 12.4. The van der Waals surface area contributed by atoms with Gasteiger partial charge in [0.2, 0.25) is 5.91 Å². The molecule has 1 aromatic heterocycles. The number of carbonyl (C=O) groups is 2. The number of rotatable bonds is 8. The van der Waals surface area contributed by atoms with Crippen LogP contribution >= 0.6 is 11.6 Å². The second-order valence-electron chi connectivity index (χ2n) is 6.52. The summed E-state index contributed by atoms with van der Waals surface area (Å²) >= 11 is 6.07. The highest BCUT2D eigenvalue weighted by Crippen LogP contribution is 2.31. The lowest BCUT2D eigenvalue weighted by molar-refractivity contribution is -0.122. The van der Waals surface area contributed by atoms with E-state index in [2.05, 4.69) is 15.6 Å². The Kier molecular flexibility index (Phi) is 6.43. The van der Waals surface area contributed by atoms with Gasteiger partial charge >= 0.3 is 0 Å². The van der Waals surface area contributed by atoms with E-state index in [9.17, 15) is 9.59 Å². The number of ether oxygens (including phenoxy) is 1. The zero-order valence-electron chi connectivity index (χ0n) is 14.3. The van der Waals surface area contributed by atoms with Gasteiger partial charge < -0.3 is 15.4 Å². The number of pyridine rings is 1. The Bertz CT molecular complexity index is 603. The molecule has 0 bridgehead atoms. The number of halogens is 1. The van der Waals surface area contributed by atoms with Crippen LogP contribution in [0.2, 0.25) is 5.02 Å². The van der Waals surface area contributed by atoms with E-state index in [-0.39, 0.29) is 17.5 Å². The minimum absolute atomic E-state index is 0.183. The van der Waals surface area contributed by atoms with Gasteiger partial charge in [0, 0.05) is 13.1 Å². The maximum Gasteiger partial charge on any atom is 0.270 e. The molecule has 1 atom stereocenters. The normalized spacial score (nSPS) is 15.0. The van der Waals surface area contributed by atoms with Crippen LogP contribution in [0.1, 0.15) is 43.6 Å². The van der Waals surface area contributed by atoms with Crippen molar-refractivity contribution in [1.82, 2.24) is 15.6 Å². The fourth-order valence-electron chi connectivity index (χ4n) is 2.26. The molecule has 1 saturated carbocycles. The third-order valence-electron chi connectivity index (χ3n) is 3.80. The highest BCUT2D eigenvalue weighted by molar-refractivity contribution is 6.32. The van der Waals surface area contributed by atoms with Gasteiger partial charge in [-0.15, -0.1) is 0 Å². The van der Waals surface area contributed by atoms with Crippen molar-refractivity contribution in [2.75, 3.05) is 13.7 Å². The molecule has 7 heteroatoms. The third kappa shape index (κ3) is 5.37. The monoisotopic (exact) mass is 353 g/mol. The molecular formula is C17H24ClN3O3. The first-order chi connectivity index (χ1) is 11.4. The quantitative estimate of drug-likeness (QED) is 0.752. The number of aromatic nitrogens is 1. The van der Waals surface area contributed by atoms with Crippen molar-refractivity contribution in [3.63, 3.8) is 0 Å². The number of carbonyl (C=O) groups excluding carboxylic acids is 2. The molecule has 1 heterocycles. The Morgan fingerprint density at radius 1 is 1.42 bits per heavy atom. The van der Waals surface area contributed by atoms with Crippen LogP contribution in [0.15, 0.2) is 12.3 Å². The molecule has 1 fully saturated rings. The lowest BCUT2D eigenvalue weighted by atomic mass is 10.0. The average molecular weight is 354 g/mol. The second kappa shape index (κ2) is 8.33. The molecule has 1 aliphatic rings. The van der Waals surface area contributed by atoms with Crippen molar-refractivity contribution in [1.29, 1.82) is 0 Å². The summed E-state index contributed by atoms with van der Waals surface area (Å²) in [5.74, 6) is 0.649. The summed E-state index contributed by atoms with van der Waals surface area (Å²) in [5, 5.41) is 5.67. The van der Waals surface area contributed by atoms with Crippen LogP contribution in [0.4, 0.5) is 0 Å². The molecule has 0 radical (unpaired) electrons. The van der Waals surface area contributed by atoms with Crippen molar-refractivity contribution in [2.24, 2.45) is 11.8 Å². The molecule has 2 rings (SSSR count). The van der Waals surface area contributed by atoms with Gasteiger partial charge in [-0.25, -0.2) is 4.98 Å². The Hall–Kier alpha value is -1.82. The summed E-state index contributed by atoms with van der Waals surface area (Å²) in [7, 11) is 1.55. The van der Waals surface area contributed by atoms with Crippen molar-refractivity contribution < 1.29 is 14.3 Å². The SMILES string of the molecule is CNC(=O)[C@@H](CC(C)C)NC(=O)c1cc(OCC2CC2)c(Cl)cn1. The summed E-state index contributed by atoms with van der Waals surface area (Å²) < 4.78 is 5.66. The molecular weight excluding hydrogens is 330 g/mol. The summed E-state index contributed by atoms with van der Waals surface area (Å²) in [5.41, 5.74) is 0.183. The smallest absolute Gasteiger partial charge is 0.270 e. The minimum atomic E-state index is -0.601.